The van der Waals surface area contributed by atoms with E-state index in [-0.39, 0.29) is 21.2 Å². The van der Waals surface area contributed by atoms with Gasteiger partial charge in [0.1, 0.15) is 10.4 Å². The van der Waals surface area contributed by atoms with Gasteiger partial charge in [-0.2, -0.15) is 8.42 Å². The standard InChI is InChI=1S/C16H10Cl3NO3S/c1-9-7-10(17)4-5-14(9)24(21,22)23-16-13(19)8-12(18)11-3-2-6-20-15(11)16/h2-8H,1H3. The molecule has 3 rings (SSSR count). The lowest BCUT2D eigenvalue weighted by molar-refractivity contribution is 0.487. The molecule has 0 N–H and O–H groups in total. The van der Waals surface area contributed by atoms with E-state index in [0.29, 0.717) is 21.0 Å². The molecule has 0 bridgehead atoms. The first-order chi connectivity index (χ1) is 11.3. The molecule has 24 heavy (non-hydrogen) atoms. The van der Waals surface area contributed by atoms with E-state index < -0.39 is 10.1 Å². The Morgan fingerprint density at radius 1 is 1.04 bits per heavy atom. The monoisotopic (exact) mass is 401 g/mol. The maximum absolute atomic E-state index is 12.6. The first-order valence-corrected chi connectivity index (χ1v) is 9.27. The summed E-state index contributed by atoms with van der Waals surface area (Å²) in [6, 6.07) is 9.21. The summed E-state index contributed by atoms with van der Waals surface area (Å²) in [5.41, 5.74) is 0.732. The van der Waals surface area contributed by atoms with Gasteiger partial charge in [-0.1, -0.05) is 34.8 Å². The number of fused-ring (bicyclic) bond motifs is 1. The maximum Gasteiger partial charge on any atom is 0.339 e. The average molecular weight is 403 g/mol. The fourth-order valence-electron chi connectivity index (χ4n) is 2.27. The summed E-state index contributed by atoms with van der Waals surface area (Å²) in [6.45, 7) is 1.63. The highest BCUT2D eigenvalue weighted by atomic mass is 35.5. The minimum atomic E-state index is -4.11. The van der Waals surface area contributed by atoms with Crippen LogP contribution in [0.3, 0.4) is 0 Å². The van der Waals surface area contributed by atoms with Crippen LogP contribution in [0.2, 0.25) is 15.1 Å². The van der Waals surface area contributed by atoms with E-state index in [1.54, 1.807) is 19.1 Å². The first kappa shape index (κ1) is 17.3. The van der Waals surface area contributed by atoms with Crippen LogP contribution in [0.15, 0.2) is 47.5 Å². The lowest BCUT2D eigenvalue weighted by atomic mass is 10.2. The van der Waals surface area contributed by atoms with Gasteiger partial charge in [-0.3, -0.25) is 4.98 Å². The van der Waals surface area contributed by atoms with Gasteiger partial charge < -0.3 is 4.18 Å². The van der Waals surface area contributed by atoms with Crippen LogP contribution in [0.25, 0.3) is 10.9 Å². The van der Waals surface area contributed by atoms with Crippen LogP contribution in [0.5, 0.6) is 5.75 Å². The second kappa shape index (κ2) is 6.41. The van der Waals surface area contributed by atoms with Crippen molar-refractivity contribution in [1.29, 1.82) is 0 Å². The lowest BCUT2D eigenvalue weighted by Crippen LogP contribution is -2.12. The summed E-state index contributed by atoms with van der Waals surface area (Å²) in [6.07, 6.45) is 1.50. The van der Waals surface area contributed by atoms with E-state index in [0.717, 1.165) is 0 Å². The molecule has 2 aromatic carbocycles. The summed E-state index contributed by atoms with van der Waals surface area (Å²) < 4.78 is 30.5. The number of nitrogens with zero attached hydrogens (tertiary/aromatic N) is 1. The third-order valence-corrected chi connectivity index (χ3v) is 5.56. The van der Waals surface area contributed by atoms with Gasteiger partial charge in [-0.25, -0.2) is 0 Å². The third-order valence-electron chi connectivity index (χ3n) is 3.35. The Hall–Kier alpha value is -1.53. The van der Waals surface area contributed by atoms with Crippen LogP contribution < -0.4 is 4.18 Å². The van der Waals surface area contributed by atoms with Crippen molar-refractivity contribution in [3.63, 3.8) is 0 Å². The molecule has 0 atom stereocenters. The molecule has 0 aliphatic heterocycles. The van der Waals surface area contributed by atoms with Crippen LogP contribution in [-0.4, -0.2) is 13.4 Å². The quantitative estimate of drug-likeness (QED) is 0.560. The Labute approximate surface area is 154 Å². The van der Waals surface area contributed by atoms with Crippen LogP contribution in [0.1, 0.15) is 5.56 Å². The number of pyridine rings is 1. The topological polar surface area (TPSA) is 56.3 Å². The van der Waals surface area contributed by atoms with Crippen molar-refractivity contribution in [3.05, 3.63) is 63.2 Å². The molecule has 0 spiro atoms. The van der Waals surface area contributed by atoms with Gasteiger partial charge in [0.25, 0.3) is 0 Å². The van der Waals surface area contributed by atoms with Gasteiger partial charge in [0.2, 0.25) is 0 Å². The number of aromatic nitrogens is 1. The number of hydrogen-bond donors (Lipinski definition) is 0. The SMILES string of the molecule is Cc1cc(Cl)ccc1S(=O)(=O)Oc1c(Cl)cc(Cl)c2cccnc12. The van der Waals surface area contributed by atoms with Crippen molar-refractivity contribution < 1.29 is 12.6 Å². The Balaban J connectivity index is 2.16. The molecular formula is C16H10Cl3NO3S. The fraction of sp³-hybridized carbons (Fsp3) is 0.0625. The minimum absolute atomic E-state index is 0.00185. The van der Waals surface area contributed by atoms with Crippen LogP contribution in [0, 0.1) is 6.92 Å². The van der Waals surface area contributed by atoms with Crippen LogP contribution in [0.4, 0.5) is 0 Å². The molecule has 1 aromatic heterocycles. The molecule has 0 fully saturated rings. The van der Waals surface area contributed by atoms with E-state index in [1.807, 2.05) is 0 Å². The molecule has 0 radical (unpaired) electrons. The fourth-order valence-corrected chi connectivity index (χ4v) is 4.27. The van der Waals surface area contributed by atoms with E-state index in [9.17, 15) is 8.42 Å². The van der Waals surface area contributed by atoms with Gasteiger partial charge in [-0.05, 0) is 48.9 Å². The van der Waals surface area contributed by atoms with Crippen LogP contribution in [-0.2, 0) is 10.1 Å². The Morgan fingerprint density at radius 2 is 1.79 bits per heavy atom. The zero-order valence-corrected chi connectivity index (χ0v) is 15.3. The summed E-state index contributed by atoms with van der Waals surface area (Å²) in [5, 5.41) is 1.39. The van der Waals surface area contributed by atoms with E-state index in [4.69, 9.17) is 39.0 Å². The maximum atomic E-state index is 12.6. The van der Waals surface area contributed by atoms with Crippen molar-refractivity contribution in [2.45, 2.75) is 11.8 Å². The minimum Gasteiger partial charge on any atom is -0.375 e. The molecule has 8 heteroatoms. The summed E-state index contributed by atoms with van der Waals surface area (Å²) in [4.78, 5) is 4.14. The Morgan fingerprint density at radius 3 is 2.50 bits per heavy atom. The van der Waals surface area contributed by atoms with Gasteiger partial charge in [0.15, 0.2) is 5.75 Å². The van der Waals surface area contributed by atoms with Crippen molar-refractivity contribution in [1.82, 2.24) is 4.98 Å². The summed E-state index contributed by atoms with van der Waals surface area (Å²) in [5.74, 6) is -0.0639. The molecular weight excluding hydrogens is 393 g/mol. The third kappa shape index (κ3) is 3.17. The molecule has 124 valence electrons. The number of rotatable bonds is 3. The molecule has 0 amide bonds. The highest BCUT2D eigenvalue weighted by molar-refractivity contribution is 7.87. The number of benzene rings is 2. The average Bonchev–Trinajstić information content (AvgIpc) is 2.51. The molecule has 0 saturated heterocycles. The van der Waals surface area contributed by atoms with Crippen molar-refractivity contribution in [2.75, 3.05) is 0 Å². The zero-order chi connectivity index (χ0) is 17.5. The molecule has 4 nitrogen and oxygen atoms in total. The van der Waals surface area contributed by atoms with Gasteiger partial charge in [0, 0.05) is 16.6 Å². The molecule has 0 saturated carbocycles. The Bertz CT molecular complexity index is 1050. The highest BCUT2D eigenvalue weighted by Gasteiger charge is 2.23. The lowest BCUT2D eigenvalue weighted by Gasteiger charge is -2.13. The highest BCUT2D eigenvalue weighted by Crippen LogP contribution is 2.38. The number of hydrogen-bond acceptors (Lipinski definition) is 4. The van der Waals surface area contributed by atoms with Crippen molar-refractivity contribution in [3.8, 4) is 5.75 Å². The molecule has 0 unspecified atom stereocenters. The van der Waals surface area contributed by atoms with E-state index in [1.165, 1.54) is 30.5 Å². The molecule has 1 heterocycles. The van der Waals surface area contributed by atoms with Crippen molar-refractivity contribution >= 4 is 55.8 Å². The van der Waals surface area contributed by atoms with E-state index in [2.05, 4.69) is 4.98 Å². The largest absolute Gasteiger partial charge is 0.375 e. The van der Waals surface area contributed by atoms with E-state index >= 15 is 0 Å². The Kier molecular flexibility index (Phi) is 4.62. The number of halogens is 3. The first-order valence-electron chi connectivity index (χ1n) is 6.73. The normalized spacial score (nSPS) is 11.7. The number of aryl methyl sites for hydroxylation is 1. The van der Waals surface area contributed by atoms with Crippen LogP contribution >= 0.6 is 34.8 Å². The second-order valence-corrected chi connectivity index (χ2v) is 7.78. The predicted molar refractivity (Wildman–Crippen MR) is 95.8 cm³/mol. The second-order valence-electron chi connectivity index (χ2n) is 5.02. The molecule has 0 aliphatic carbocycles. The van der Waals surface area contributed by atoms with Gasteiger partial charge in [0.05, 0.1) is 10.0 Å². The molecule has 3 aromatic rings. The molecule has 0 aliphatic rings. The predicted octanol–water partition coefficient (Wildman–Crippen LogP) is 5.27. The van der Waals surface area contributed by atoms with Gasteiger partial charge in [-0.15, -0.1) is 0 Å². The van der Waals surface area contributed by atoms with Crippen molar-refractivity contribution in [2.24, 2.45) is 0 Å². The summed E-state index contributed by atoms with van der Waals surface area (Å²) in [7, 11) is -4.11. The smallest absolute Gasteiger partial charge is 0.339 e. The zero-order valence-electron chi connectivity index (χ0n) is 12.3. The van der Waals surface area contributed by atoms with Gasteiger partial charge >= 0.3 is 10.1 Å². The summed E-state index contributed by atoms with van der Waals surface area (Å²) >= 11 is 18.1.